The van der Waals surface area contributed by atoms with E-state index in [2.05, 4.69) is 206 Å². The first kappa shape index (κ1) is 31.3. The predicted octanol–water partition coefficient (Wildman–Crippen LogP) is 15.0. The molecule has 0 bridgehead atoms. The van der Waals surface area contributed by atoms with Crippen LogP contribution in [0.3, 0.4) is 0 Å². The topological polar surface area (TPSA) is 0 Å². The van der Waals surface area contributed by atoms with Crippen LogP contribution in [0.15, 0.2) is 200 Å². The van der Waals surface area contributed by atoms with Crippen LogP contribution >= 0.6 is 0 Å². The SMILES string of the molecule is C1=CC2C=Cc3c(-c4cccc(-c5ccc(-c6cccc(-c7ccc8ccc9cccc%10ccc7c8c9%10)c6)cc5)c4)ccc4c3C2C(=C1c1ccccc1)C=C4. The van der Waals surface area contributed by atoms with Crippen molar-refractivity contribution in [1.82, 2.24) is 0 Å². The van der Waals surface area contributed by atoms with Crippen molar-refractivity contribution in [3.63, 3.8) is 0 Å². The second kappa shape index (κ2) is 12.2. The summed E-state index contributed by atoms with van der Waals surface area (Å²) >= 11 is 0. The molecule has 2 atom stereocenters. The highest BCUT2D eigenvalue weighted by Gasteiger charge is 2.35. The first-order valence-corrected chi connectivity index (χ1v) is 19.7. The molecular formula is C56H36. The minimum Gasteiger partial charge on any atom is -0.0760 e. The first-order chi connectivity index (χ1) is 27.7. The van der Waals surface area contributed by atoms with E-state index in [9.17, 15) is 0 Å². The highest BCUT2D eigenvalue weighted by Crippen LogP contribution is 2.52. The molecule has 9 aromatic rings. The molecule has 0 N–H and O–H groups in total. The molecule has 0 saturated carbocycles. The van der Waals surface area contributed by atoms with E-state index in [1.54, 1.807) is 0 Å². The minimum absolute atomic E-state index is 0.332. The van der Waals surface area contributed by atoms with E-state index in [4.69, 9.17) is 0 Å². The average Bonchev–Trinajstić information content (AvgIpc) is 3.27. The Morgan fingerprint density at radius 3 is 1.70 bits per heavy atom. The zero-order valence-corrected chi connectivity index (χ0v) is 30.8. The molecule has 0 amide bonds. The second-order valence-corrected chi connectivity index (χ2v) is 15.6. The van der Waals surface area contributed by atoms with Crippen molar-refractivity contribution in [2.24, 2.45) is 5.92 Å². The largest absolute Gasteiger partial charge is 0.0760 e. The van der Waals surface area contributed by atoms with E-state index in [1.165, 1.54) is 110 Å². The molecule has 3 aliphatic carbocycles. The van der Waals surface area contributed by atoms with Crippen LogP contribution in [0.25, 0.3) is 94.6 Å². The maximum Gasteiger partial charge on any atom is 0.0205 e. The monoisotopic (exact) mass is 708 g/mol. The van der Waals surface area contributed by atoms with E-state index in [0.717, 1.165) is 0 Å². The van der Waals surface area contributed by atoms with Crippen molar-refractivity contribution < 1.29 is 0 Å². The van der Waals surface area contributed by atoms with E-state index in [-0.39, 0.29) is 0 Å². The van der Waals surface area contributed by atoms with Gasteiger partial charge in [-0.2, -0.15) is 0 Å². The molecule has 0 nitrogen and oxygen atoms in total. The molecule has 0 saturated heterocycles. The smallest absolute Gasteiger partial charge is 0.0205 e. The molecule has 12 rings (SSSR count). The second-order valence-electron chi connectivity index (χ2n) is 15.6. The number of benzene rings is 9. The van der Waals surface area contributed by atoms with Crippen molar-refractivity contribution in [3.8, 4) is 44.5 Å². The van der Waals surface area contributed by atoms with E-state index in [0.29, 0.717) is 11.8 Å². The van der Waals surface area contributed by atoms with Gasteiger partial charge < -0.3 is 0 Å². The summed E-state index contributed by atoms with van der Waals surface area (Å²) in [6, 6.07) is 63.0. The van der Waals surface area contributed by atoms with Crippen molar-refractivity contribution in [3.05, 3.63) is 222 Å². The fourth-order valence-corrected chi connectivity index (χ4v) is 9.93. The van der Waals surface area contributed by atoms with Gasteiger partial charge in [-0.1, -0.05) is 194 Å². The van der Waals surface area contributed by atoms with Gasteiger partial charge in [0.2, 0.25) is 0 Å². The van der Waals surface area contributed by atoms with Crippen LogP contribution in [-0.4, -0.2) is 0 Å². The lowest BCUT2D eigenvalue weighted by atomic mass is 9.66. The van der Waals surface area contributed by atoms with Crippen LogP contribution in [-0.2, 0) is 0 Å². The molecule has 0 aliphatic heterocycles. The van der Waals surface area contributed by atoms with Crippen molar-refractivity contribution in [2.75, 3.05) is 0 Å². The van der Waals surface area contributed by atoms with Gasteiger partial charge in [0.1, 0.15) is 0 Å². The van der Waals surface area contributed by atoms with Crippen LogP contribution in [0.1, 0.15) is 28.2 Å². The third-order valence-electron chi connectivity index (χ3n) is 12.6. The summed E-state index contributed by atoms with van der Waals surface area (Å²) in [5, 5.41) is 7.92. The van der Waals surface area contributed by atoms with Crippen molar-refractivity contribution in [2.45, 2.75) is 5.92 Å². The molecule has 0 radical (unpaired) electrons. The number of allylic oxidation sites excluding steroid dienone is 6. The van der Waals surface area contributed by atoms with Gasteiger partial charge in [-0.3, -0.25) is 0 Å². The normalized spacial score (nSPS) is 16.6. The van der Waals surface area contributed by atoms with E-state index in [1.807, 2.05) is 0 Å². The fourth-order valence-electron chi connectivity index (χ4n) is 9.93. The summed E-state index contributed by atoms with van der Waals surface area (Å²) in [7, 11) is 0. The van der Waals surface area contributed by atoms with Crippen LogP contribution in [0.5, 0.6) is 0 Å². The quantitative estimate of drug-likeness (QED) is 0.156. The highest BCUT2D eigenvalue weighted by molar-refractivity contribution is 6.25. The Morgan fingerprint density at radius 1 is 0.357 bits per heavy atom. The fraction of sp³-hybridized carbons (Fsp3) is 0.0357. The summed E-state index contributed by atoms with van der Waals surface area (Å²) in [6.45, 7) is 0. The maximum atomic E-state index is 2.42. The summed E-state index contributed by atoms with van der Waals surface area (Å²) in [5.41, 5.74) is 18.2. The third kappa shape index (κ3) is 4.79. The molecule has 0 fully saturated rings. The van der Waals surface area contributed by atoms with Crippen LogP contribution in [0.2, 0.25) is 0 Å². The summed E-state index contributed by atoms with van der Waals surface area (Å²) in [4.78, 5) is 0. The van der Waals surface area contributed by atoms with Crippen LogP contribution < -0.4 is 0 Å². The summed E-state index contributed by atoms with van der Waals surface area (Å²) in [5.74, 6) is 0.702. The molecule has 0 aromatic heterocycles. The van der Waals surface area contributed by atoms with Crippen LogP contribution in [0.4, 0.5) is 0 Å². The average molecular weight is 709 g/mol. The van der Waals surface area contributed by atoms with Gasteiger partial charge in [0.25, 0.3) is 0 Å². The zero-order chi connectivity index (χ0) is 36.7. The molecule has 0 spiro atoms. The van der Waals surface area contributed by atoms with Gasteiger partial charge in [0, 0.05) is 11.8 Å². The Bertz CT molecular complexity index is 3150. The van der Waals surface area contributed by atoms with E-state index < -0.39 is 0 Å². The number of hydrogen-bond donors (Lipinski definition) is 0. The van der Waals surface area contributed by atoms with Gasteiger partial charge in [-0.25, -0.2) is 0 Å². The number of rotatable bonds is 5. The first-order valence-electron chi connectivity index (χ1n) is 19.7. The minimum atomic E-state index is 0.332. The van der Waals surface area contributed by atoms with Gasteiger partial charge in [-0.15, -0.1) is 0 Å². The highest BCUT2D eigenvalue weighted by atomic mass is 14.4. The van der Waals surface area contributed by atoms with Crippen molar-refractivity contribution >= 4 is 50.0 Å². The summed E-state index contributed by atoms with van der Waals surface area (Å²) in [6.07, 6.45) is 14.2. The maximum absolute atomic E-state index is 2.42. The Morgan fingerprint density at radius 2 is 0.946 bits per heavy atom. The Balaban J connectivity index is 0.879. The Kier molecular flexibility index (Phi) is 6.86. The molecule has 2 unspecified atom stereocenters. The lowest BCUT2D eigenvalue weighted by Gasteiger charge is -2.37. The molecule has 3 aliphatic rings. The molecule has 0 heteroatoms. The van der Waals surface area contributed by atoms with Gasteiger partial charge in [-0.05, 0) is 122 Å². The van der Waals surface area contributed by atoms with E-state index >= 15 is 0 Å². The van der Waals surface area contributed by atoms with Gasteiger partial charge in [0.15, 0.2) is 0 Å². The lowest BCUT2D eigenvalue weighted by molar-refractivity contribution is 0.668. The molecular weight excluding hydrogens is 673 g/mol. The number of hydrogen-bond acceptors (Lipinski definition) is 0. The van der Waals surface area contributed by atoms with Gasteiger partial charge >= 0.3 is 0 Å². The predicted molar refractivity (Wildman–Crippen MR) is 239 cm³/mol. The van der Waals surface area contributed by atoms with Crippen molar-refractivity contribution in [1.29, 1.82) is 0 Å². The Labute approximate surface area is 327 Å². The third-order valence-corrected chi connectivity index (χ3v) is 12.6. The zero-order valence-electron chi connectivity index (χ0n) is 30.8. The lowest BCUT2D eigenvalue weighted by Crippen LogP contribution is -2.22. The Hall–Kier alpha value is -7.02. The van der Waals surface area contributed by atoms with Gasteiger partial charge in [0.05, 0.1) is 0 Å². The molecule has 56 heavy (non-hydrogen) atoms. The standard InChI is InChI=1S/C56H36/c1-2-7-37(8-3-1)47-27-21-41-26-32-52-49(29-23-42-25-31-50(47)55(41)56(42)52)46-14-6-12-44(34-46)36-17-15-35(16-18-36)43-11-5-13-45(33-43)48-28-22-40-20-19-38-9-4-10-39-24-30-51(48)54(40)53(38)39/h1-34,41,55H. The molecule has 0 heterocycles. The van der Waals surface area contributed by atoms with Crippen LogP contribution in [0, 0.1) is 5.92 Å². The molecule has 260 valence electrons. The summed E-state index contributed by atoms with van der Waals surface area (Å²) < 4.78 is 0. The molecule has 9 aromatic carbocycles.